The Hall–Kier alpha value is -2.88. The molecule has 1 atom stereocenters. The quantitative estimate of drug-likeness (QED) is 0.544. The standard InChI is InChI=1S/C20H20ClF4N5O/c1-10-7-17(20(23,24)25)28-30(10)13(4)19(31)26-18-11(2)27-29(12(18)3)9-14-5-6-15(22)8-16(14)21/h5-8,13H,9H2,1-4H3,(H,26,31). The third-order valence-electron chi connectivity index (χ3n) is 4.92. The Labute approximate surface area is 180 Å². The number of hydrogen-bond acceptors (Lipinski definition) is 3. The third-order valence-corrected chi connectivity index (χ3v) is 5.28. The van der Waals surface area contributed by atoms with Crippen LogP contribution < -0.4 is 5.32 Å². The lowest BCUT2D eigenvalue weighted by Crippen LogP contribution is -2.26. The summed E-state index contributed by atoms with van der Waals surface area (Å²) in [5.41, 5.74) is 1.38. The Bertz CT molecular complexity index is 1140. The van der Waals surface area contributed by atoms with Gasteiger partial charge in [0.25, 0.3) is 0 Å². The molecule has 1 aromatic carbocycles. The van der Waals surface area contributed by atoms with Gasteiger partial charge in [0, 0.05) is 10.7 Å². The van der Waals surface area contributed by atoms with Crippen LogP contribution in [0.15, 0.2) is 24.3 Å². The van der Waals surface area contributed by atoms with Crippen molar-refractivity contribution in [1.82, 2.24) is 19.6 Å². The van der Waals surface area contributed by atoms with Gasteiger partial charge in [-0.2, -0.15) is 23.4 Å². The van der Waals surface area contributed by atoms with Crippen molar-refractivity contribution in [2.45, 2.75) is 46.5 Å². The number of nitrogens with zero attached hydrogens (tertiary/aromatic N) is 4. The van der Waals surface area contributed by atoms with Crippen molar-refractivity contribution >= 4 is 23.2 Å². The average Bonchev–Trinajstić information content (AvgIpc) is 3.18. The van der Waals surface area contributed by atoms with E-state index in [1.165, 1.54) is 26.0 Å². The molecule has 11 heteroatoms. The first-order valence-corrected chi connectivity index (χ1v) is 9.68. The molecule has 3 aromatic rings. The summed E-state index contributed by atoms with van der Waals surface area (Å²) in [6.07, 6.45) is -4.60. The van der Waals surface area contributed by atoms with E-state index in [-0.39, 0.29) is 17.3 Å². The van der Waals surface area contributed by atoms with E-state index in [0.717, 1.165) is 10.7 Å². The fraction of sp³-hybridized carbons (Fsp3) is 0.350. The zero-order valence-electron chi connectivity index (χ0n) is 17.2. The van der Waals surface area contributed by atoms with Crippen LogP contribution in [0.3, 0.4) is 0 Å². The molecule has 1 unspecified atom stereocenters. The number of anilines is 1. The summed E-state index contributed by atoms with van der Waals surface area (Å²) in [6, 6.07) is 3.95. The number of rotatable bonds is 5. The summed E-state index contributed by atoms with van der Waals surface area (Å²) in [4.78, 5) is 12.7. The maximum Gasteiger partial charge on any atom is 0.435 e. The number of aryl methyl sites for hydroxylation is 2. The summed E-state index contributed by atoms with van der Waals surface area (Å²) < 4.78 is 54.6. The molecule has 3 rings (SSSR count). The van der Waals surface area contributed by atoms with E-state index < -0.39 is 29.6 Å². The lowest BCUT2D eigenvalue weighted by Gasteiger charge is -2.15. The topological polar surface area (TPSA) is 64.7 Å². The largest absolute Gasteiger partial charge is 0.435 e. The predicted octanol–water partition coefficient (Wildman–Crippen LogP) is 5.06. The summed E-state index contributed by atoms with van der Waals surface area (Å²) in [5.74, 6) is -0.989. The van der Waals surface area contributed by atoms with Crippen LogP contribution in [0.4, 0.5) is 23.2 Å². The Balaban J connectivity index is 1.81. The second-order valence-corrected chi connectivity index (χ2v) is 7.62. The molecule has 0 bridgehead atoms. The number of nitrogens with one attached hydrogen (secondary N) is 1. The highest BCUT2D eigenvalue weighted by atomic mass is 35.5. The Morgan fingerprint density at radius 1 is 1.19 bits per heavy atom. The second kappa shape index (κ2) is 8.33. The molecule has 6 nitrogen and oxygen atoms in total. The first-order valence-electron chi connectivity index (χ1n) is 9.30. The molecule has 1 amide bonds. The van der Waals surface area contributed by atoms with Crippen LogP contribution in [0.5, 0.6) is 0 Å². The molecule has 31 heavy (non-hydrogen) atoms. The highest BCUT2D eigenvalue weighted by Gasteiger charge is 2.35. The molecular weight excluding hydrogens is 438 g/mol. The second-order valence-electron chi connectivity index (χ2n) is 7.22. The van der Waals surface area contributed by atoms with Gasteiger partial charge in [-0.1, -0.05) is 17.7 Å². The molecule has 0 fully saturated rings. The fourth-order valence-electron chi connectivity index (χ4n) is 3.20. The van der Waals surface area contributed by atoms with E-state index >= 15 is 0 Å². The average molecular weight is 458 g/mol. The monoisotopic (exact) mass is 457 g/mol. The minimum absolute atomic E-state index is 0.213. The van der Waals surface area contributed by atoms with Gasteiger partial charge in [0.1, 0.15) is 11.9 Å². The van der Waals surface area contributed by atoms with Crippen molar-refractivity contribution in [2.75, 3.05) is 5.32 Å². The van der Waals surface area contributed by atoms with Crippen molar-refractivity contribution in [3.8, 4) is 0 Å². The SMILES string of the molecule is Cc1nn(Cc2ccc(F)cc2Cl)c(C)c1NC(=O)C(C)n1nc(C(F)(F)F)cc1C. The van der Waals surface area contributed by atoms with Crippen LogP contribution in [0, 0.1) is 26.6 Å². The van der Waals surface area contributed by atoms with Crippen LogP contribution in [0.1, 0.15) is 41.3 Å². The molecule has 0 saturated carbocycles. The molecule has 0 aliphatic rings. The van der Waals surface area contributed by atoms with Crippen LogP contribution >= 0.6 is 11.6 Å². The number of alkyl halides is 3. The zero-order valence-corrected chi connectivity index (χ0v) is 17.9. The number of carbonyl (C=O) groups is 1. The van der Waals surface area contributed by atoms with Crippen LogP contribution in [0.25, 0.3) is 0 Å². The number of benzene rings is 1. The van der Waals surface area contributed by atoms with Gasteiger partial charge in [0.05, 0.1) is 23.6 Å². The first kappa shape index (κ1) is 22.8. The van der Waals surface area contributed by atoms with Gasteiger partial charge in [-0.05, 0) is 51.5 Å². The Morgan fingerprint density at radius 3 is 2.45 bits per heavy atom. The first-order chi connectivity index (χ1) is 14.4. The van der Waals surface area contributed by atoms with Crippen molar-refractivity contribution in [3.05, 3.63) is 63.4 Å². The van der Waals surface area contributed by atoms with E-state index in [1.54, 1.807) is 24.6 Å². The molecule has 0 radical (unpaired) electrons. The molecular formula is C20H20ClF4N5O. The van der Waals surface area contributed by atoms with E-state index in [9.17, 15) is 22.4 Å². The van der Waals surface area contributed by atoms with Gasteiger partial charge in [0.15, 0.2) is 5.69 Å². The molecule has 0 aliphatic heterocycles. The smallest absolute Gasteiger partial charge is 0.321 e. The van der Waals surface area contributed by atoms with E-state index in [1.807, 2.05) is 0 Å². The number of amides is 1. The Kier molecular flexibility index (Phi) is 6.13. The van der Waals surface area contributed by atoms with Crippen molar-refractivity contribution in [1.29, 1.82) is 0 Å². The summed E-state index contributed by atoms with van der Waals surface area (Å²) in [6.45, 7) is 6.59. The van der Waals surface area contributed by atoms with Gasteiger partial charge in [-0.3, -0.25) is 14.2 Å². The predicted molar refractivity (Wildman–Crippen MR) is 108 cm³/mol. The number of aromatic nitrogens is 4. The van der Waals surface area contributed by atoms with Crippen molar-refractivity contribution in [3.63, 3.8) is 0 Å². The minimum Gasteiger partial charge on any atom is -0.321 e. The van der Waals surface area contributed by atoms with Gasteiger partial charge >= 0.3 is 6.18 Å². The third kappa shape index (κ3) is 4.73. The molecule has 1 N–H and O–H groups in total. The van der Waals surface area contributed by atoms with Crippen LogP contribution in [-0.4, -0.2) is 25.5 Å². The molecule has 0 spiro atoms. The summed E-state index contributed by atoms with van der Waals surface area (Å²) >= 11 is 6.08. The summed E-state index contributed by atoms with van der Waals surface area (Å²) in [5, 5.41) is 10.9. The highest BCUT2D eigenvalue weighted by molar-refractivity contribution is 6.31. The van der Waals surface area contributed by atoms with E-state index in [0.29, 0.717) is 22.6 Å². The summed E-state index contributed by atoms with van der Waals surface area (Å²) in [7, 11) is 0. The number of halogens is 5. The maximum atomic E-state index is 13.3. The highest BCUT2D eigenvalue weighted by Crippen LogP contribution is 2.30. The molecule has 0 aliphatic carbocycles. The van der Waals surface area contributed by atoms with Crippen LogP contribution in [-0.2, 0) is 17.5 Å². The molecule has 2 heterocycles. The van der Waals surface area contributed by atoms with E-state index in [2.05, 4.69) is 15.5 Å². The fourth-order valence-corrected chi connectivity index (χ4v) is 3.43. The minimum atomic E-state index is -4.60. The molecule has 0 saturated heterocycles. The Morgan fingerprint density at radius 2 is 1.87 bits per heavy atom. The lowest BCUT2D eigenvalue weighted by atomic mass is 10.2. The van der Waals surface area contributed by atoms with Gasteiger partial charge in [-0.25, -0.2) is 4.39 Å². The lowest BCUT2D eigenvalue weighted by molar-refractivity contribution is -0.141. The maximum absolute atomic E-state index is 13.3. The van der Waals surface area contributed by atoms with Gasteiger partial charge in [-0.15, -0.1) is 0 Å². The zero-order chi connectivity index (χ0) is 23.1. The molecule has 166 valence electrons. The molecule has 2 aromatic heterocycles. The van der Waals surface area contributed by atoms with Gasteiger partial charge < -0.3 is 5.32 Å². The van der Waals surface area contributed by atoms with Crippen molar-refractivity contribution in [2.24, 2.45) is 0 Å². The number of hydrogen-bond donors (Lipinski definition) is 1. The van der Waals surface area contributed by atoms with Crippen molar-refractivity contribution < 1.29 is 22.4 Å². The normalized spacial score (nSPS) is 12.8. The number of carbonyl (C=O) groups excluding carboxylic acids is 1. The van der Waals surface area contributed by atoms with E-state index in [4.69, 9.17) is 11.6 Å². The van der Waals surface area contributed by atoms with Gasteiger partial charge in [0.2, 0.25) is 5.91 Å². The van der Waals surface area contributed by atoms with Crippen LogP contribution in [0.2, 0.25) is 5.02 Å².